The number of carboxylic acids is 1. The number of hydrogen-bond donors (Lipinski definition) is 2. The maximum absolute atomic E-state index is 10.5. The molecule has 5 nitrogen and oxygen atoms in total. The van der Waals surface area contributed by atoms with Gasteiger partial charge in [-0.3, -0.25) is 4.79 Å². The molecule has 24 heavy (non-hydrogen) atoms. The van der Waals surface area contributed by atoms with Crippen LogP contribution in [0.3, 0.4) is 0 Å². The van der Waals surface area contributed by atoms with Crippen LogP contribution in [-0.4, -0.2) is 47.7 Å². The molecule has 0 aromatic carbocycles. The molecule has 0 amide bonds. The van der Waals surface area contributed by atoms with Gasteiger partial charge in [0.1, 0.15) is 0 Å². The molecule has 138 valence electrons. The number of rotatable bonds is 11. The van der Waals surface area contributed by atoms with Gasteiger partial charge in [0.25, 0.3) is 0 Å². The predicted octanol–water partition coefficient (Wildman–Crippen LogP) is 3.30. The average molecular weight is 340 g/mol. The van der Waals surface area contributed by atoms with Gasteiger partial charge in [0.15, 0.2) is 0 Å². The molecule has 2 aliphatic rings. The summed E-state index contributed by atoms with van der Waals surface area (Å²) in [5.41, 5.74) is 0.0343. The third kappa shape index (κ3) is 5.57. The van der Waals surface area contributed by atoms with Crippen LogP contribution in [0.4, 0.5) is 0 Å². The van der Waals surface area contributed by atoms with Gasteiger partial charge >= 0.3 is 5.97 Å². The molecule has 1 saturated heterocycles. The Balaban J connectivity index is 1.80. The zero-order valence-electron chi connectivity index (χ0n) is 14.8. The molecule has 2 rings (SSSR count). The van der Waals surface area contributed by atoms with E-state index in [2.05, 4.69) is 13.0 Å². The van der Waals surface area contributed by atoms with E-state index in [1.165, 1.54) is 6.42 Å². The molecule has 0 spiro atoms. The Morgan fingerprint density at radius 1 is 1.46 bits per heavy atom. The predicted molar refractivity (Wildman–Crippen MR) is 91.9 cm³/mol. The van der Waals surface area contributed by atoms with E-state index in [4.69, 9.17) is 14.6 Å². The zero-order valence-corrected chi connectivity index (χ0v) is 14.8. The van der Waals surface area contributed by atoms with E-state index in [-0.39, 0.29) is 36.8 Å². The number of hydrogen-bond acceptors (Lipinski definition) is 4. The number of aliphatic hydroxyl groups excluding tert-OH is 1. The van der Waals surface area contributed by atoms with E-state index in [1.807, 2.05) is 6.08 Å². The molecular formula is C19H32O5. The molecule has 0 aromatic heterocycles. The minimum absolute atomic E-state index is 0.0329. The average Bonchev–Trinajstić information content (AvgIpc) is 3.06. The number of carbonyl (C=O) groups is 1. The maximum Gasteiger partial charge on any atom is 0.305 e. The number of ether oxygens (including phenoxy) is 2. The largest absolute Gasteiger partial charge is 0.481 e. The normalized spacial score (nSPS) is 30.8. The summed E-state index contributed by atoms with van der Waals surface area (Å²) in [5, 5.41) is 18.8. The van der Waals surface area contributed by atoms with E-state index in [0.717, 1.165) is 44.9 Å². The first-order chi connectivity index (χ1) is 11.6. The van der Waals surface area contributed by atoms with Crippen molar-refractivity contribution in [2.45, 2.75) is 83.0 Å². The van der Waals surface area contributed by atoms with Crippen LogP contribution in [0.25, 0.3) is 0 Å². The highest BCUT2D eigenvalue weighted by Crippen LogP contribution is 2.51. The second kappa shape index (κ2) is 9.54. The quantitative estimate of drug-likeness (QED) is 0.446. The van der Waals surface area contributed by atoms with Crippen molar-refractivity contribution < 1.29 is 24.5 Å². The van der Waals surface area contributed by atoms with Gasteiger partial charge in [-0.2, -0.15) is 0 Å². The van der Waals surface area contributed by atoms with Crippen molar-refractivity contribution in [2.75, 3.05) is 13.2 Å². The first kappa shape index (κ1) is 19.4. The van der Waals surface area contributed by atoms with Gasteiger partial charge in [0.05, 0.1) is 37.9 Å². The fourth-order valence-electron chi connectivity index (χ4n) is 3.94. The highest BCUT2D eigenvalue weighted by Gasteiger charge is 2.49. The van der Waals surface area contributed by atoms with Gasteiger partial charge in [-0.25, -0.2) is 0 Å². The van der Waals surface area contributed by atoms with Crippen molar-refractivity contribution in [3.63, 3.8) is 0 Å². The smallest absolute Gasteiger partial charge is 0.305 e. The van der Waals surface area contributed by atoms with E-state index in [1.54, 1.807) is 0 Å². The van der Waals surface area contributed by atoms with E-state index < -0.39 is 5.97 Å². The first-order valence-electron chi connectivity index (χ1n) is 9.38. The summed E-state index contributed by atoms with van der Waals surface area (Å²) in [6, 6.07) is 0. The molecule has 2 fully saturated rings. The fraction of sp³-hybridized carbons (Fsp3) is 0.842. The van der Waals surface area contributed by atoms with Crippen LogP contribution >= 0.6 is 0 Å². The molecule has 1 saturated carbocycles. The third-order valence-electron chi connectivity index (χ3n) is 5.23. The Labute approximate surface area is 145 Å². The molecule has 1 aliphatic heterocycles. The van der Waals surface area contributed by atoms with Crippen molar-refractivity contribution in [3.8, 4) is 0 Å². The van der Waals surface area contributed by atoms with E-state index in [0.29, 0.717) is 6.61 Å². The first-order valence-corrected chi connectivity index (χ1v) is 9.38. The lowest BCUT2D eigenvalue weighted by atomic mass is 9.80. The highest BCUT2D eigenvalue weighted by atomic mass is 16.5. The molecule has 1 unspecified atom stereocenters. The van der Waals surface area contributed by atoms with Crippen LogP contribution in [0.2, 0.25) is 0 Å². The zero-order chi connectivity index (χ0) is 17.4. The summed E-state index contributed by atoms with van der Waals surface area (Å²) >= 11 is 0. The molecule has 4 atom stereocenters. The van der Waals surface area contributed by atoms with Crippen molar-refractivity contribution in [2.24, 2.45) is 5.41 Å². The highest BCUT2D eigenvalue weighted by molar-refractivity contribution is 5.66. The fourth-order valence-corrected chi connectivity index (χ4v) is 3.94. The number of aliphatic hydroxyl groups is 1. The van der Waals surface area contributed by atoms with Crippen LogP contribution in [0.5, 0.6) is 0 Å². The Morgan fingerprint density at radius 3 is 3.04 bits per heavy atom. The Bertz CT molecular complexity index is 422. The Kier molecular flexibility index (Phi) is 7.72. The van der Waals surface area contributed by atoms with Gasteiger partial charge < -0.3 is 19.7 Å². The summed E-state index contributed by atoms with van der Waals surface area (Å²) in [7, 11) is 0. The second-order valence-corrected chi connectivity index (χ2v) is 7.22. The molecule has 2 N–H and O–H groups in total. The Morgan fingerprint density at radius 2 is 2.29 bits per heavy atom. The van der Waals surface area contributed by atoms with Crippen molar-refractivity contribution in [1.82, 2.24) is 0 Å². The number of carboxylic acid groups (broad SMARTS) is 1. The van der Waals surface area contributed by atoms with E-state index >= 15 is 0 Å². The maximum atomic E-state index is 10.5. The summed E-state index contributed by atoms with van der Waals surface area (Å²) < 4.78 is 11.6. The van der Waals surface area contributed by atoms with Gasteiger partial charge in [-0.05, 0) is 32.1 Å². The number of aliphatic carboxylic acids is 1. The molecule has 0 radical (unpaired) electrons. The van der Waals surface area contributed by atoms with Crippen LogP contribution in [0.15, 0.2) is 12.2 Å². The third-order valence-corrected chi connectivity index (χ3v) is 5.23. The SMILES string of the molecule is CCCCCC(O)/C=C/[C@@]12CCC[C@@H]1O[C@H](COCCC(=O)O)C2. The van der Waals surface area contributed by atoms with Crippen LogP contribution in [-0.2, 0) is 14.3 Å². The molecule has 5 heteroatoms. The van der Waals surface area contributed by atoms with Crippen molar-refractivity contribution in [1.29, 1.82) is 0 Å². The van der Waals surface area contributed by atoms with Crippen LogP contribution in [0.1, 0.15) is 64.7 Å². The molecule has 1 aliphatic carbocycles. The van der Waals surface area contributed by atoms with Crippen LogP contribution in [0, 0.1) is 5.41 Å². The monoisotopic (exact) mass is 340 g/mol. The minimum atomic E-state index is -0.837. The lowest BCUT2D eigenvalue weighted by molar-refractivity contribution is -0.138. The standard InChI is InChI=1S/C19H32O5/c1-2-3-4-6-15(20)8-11-19-10-5-7-17(19)24-16(13-19)14-23-12-9-18(21)22/h8,11,15-17,20H,2-7,9-10,12-14H2,1H3,(H,21,22)/b11-8+/t15?,16-,17-,19+/m0/s1. The number of unbranched alkanes of at least 4 members (excludes halogenated alkanes) is 2. The van der Waals surface area contributed by atoms with Crippen molar-refractivity contribution >= 4 is 5.97 Å². The topological polar surface area (TPSA) is 76.0 Å². The Hall–Kier alpha value is -0.910. The molecule has 0 aromatic rings. The summed E-state index contributed by atoms with van der Waals surface area (Å²) in [4.78, 5) is 10.5. The minimum Gasteiger partial charge on any atom is -0.481 e. The second-order valence-electron chi connectivity index (χ2n) is 7.22. The summed E-state index contributed by atoms with van der Waals surface area (Å²) in [6.45, 7) is 2.86. The lowest BCUT2D eigenvalue weighted by Crippen LogP contribution is -2.23. The van der Waals surface area contributed by atoms with Gasteiger partial charge in [0.2, 0.25) is 0 Å². The van der Waals surface area contributed by atoms with E-state index in [9.17, 15) is 9.90 Å². The van der Waals surface area contributed by atoms with Gasteiger partial charge in [0, 0.05) is 5.41 Å². The molecule has 1 heterocycles. The summed E-state index contributed by atoms with van der Waals surface area (Å²) in [6.07, 6.45) is 12.5. The van der Waals surface area contributed by atoms with Crippen molar-refractivity contribution in [3.05, 3.63) is 12.2 Å². The molecular weight excluding hydrogens is 308 g/mol. The van der Waals surface area contributed by atoms with Crippen LogP contribution < -0.4 is 0 Å². The van der Waals surface area contributed by atoms with Gasteiger partial charge in [-0.1, -0.05) is 38.3 Å². The lowest BCUT2D eigenvalue weighted by Gasteiger charge is -2.23. The number of fused-ring (bicyclic) bond motifs is 1. The van der Waals surface area contributed by atoms with Gasteiger partial charge in [-0.15, -0.1) is 0 Å². The summed E-state index contributed by atoms with van der Waals surface area (Å²) in [5.74, 6) is -0.837. The molecule has 0 bridgehead atoms.